The summed E-state index contributed by atoms with van der Waals surface area (Å²) in [6.07, 6.45) is 1.07. The minimum absolute atomic E-state index is 0.117. The number of rotatable bonds is 5. The van der Waals surface area contributed by atoms with Gasteiger partial charge in [0.1, 0.15) is 0 Å². The van der Waals surface area contributed by atoms with Gasteiger partial charge in [0.15, 0.2) is 0 Å². The molecule has 0 radical (unpaired) electrons. The van der Waals surface area contributed by atoms with Crippen LogP contribution in [0.2, 0.25) is 0 Å². The van der Waals surface area contributed by atoms with Gasteiger partial charge in [-0.1, -0.05) is 28.1 Å². The topological polar surface area (TPSA) is 29.3 Å². The highest BCUT2D eigenvalue weighted by atomic mass is 79.9. The Morgan fingerprint density at radius 1 is 1.25 bits per heavy atom. The second-order valence-electron chi connectivity index (χ2n) is 5.10. The van der Waals surface area contributed by atoms with Crippen LogP contribution in [-0.4, -0.2) is 30.6 Å². The van der Waals surface area contributed by atoms with Crippen molar-refractivity contribution in [2.75, 3.05) is 20.1 Å². The Morgan fingerprint density at radius 3 is 2.31 bits per heavy atom. The van der Waals surface area contributed by atoms with Crippen LogP contribution in [0.4, 0.5) is 0 Å². The monoisotopic (exact) mass is 284 g/mol. The third-order valence-electron chi connectivity index (χ3n) is 2.37. The van der Waals surface area contributed by atoms with Crippen LogP contribution < -0.4 is 5.73 Å². The van der Waals surface area contributed by atoms with Gasteiger partial charge in [0.2, 0.25) is 0 Å². The Labute approximate surface area is 107 Å². The van der Waals surface area contributed by atoms with Crippen molar-refractivity contribution in [3.63, 3.8) is 0 Å². The molecule has 90 valence electrons. The van der Waals surface area contributed by atoms with Crippen LogP contribution in [0.15, 0.2) is 28.7 Å². The van der Waals surface area contributed by atoms with Crippen LogP contribution >= 0.6 is 15.9 Å². The fourth-order valence-corrected chi connectivity index (χ4v) is 2.01. The van der Waals surface area contributed by atoms with Gasteiger partial charge >= 0.3 is 0 Å². The number of hydrogen-bond donors (Lipinski definition) is 1. The van der Waals surface area contributed by atoms with Gasteiger partial charge in [0.05, 0.1) is 0 Å². The lowest BCUT2D eigenvalue weighted by Crippen LogP contribution is -2.44. The Kier molecular flexibility index (Phi) is 4.96. The molecule has 0 saturated heterocycles. The van der Waals surface area contributed by atoms with Gasteiger partial charge in [-0.2, -0.15) is 0 Å². The van der Waals surface area contributed by atoms with E-state index < -0.39 is 0 Å². The molecule has 0 heterocycles. The Bertz CT molecular complexity index is 314. The molecule has 2 nitrogen and oxygen atoms in total. The Balaban J connectivity index is 2.37. The highest BCUT2D eigenvalue weighted by Crippen LogP contribution is 2.11. The molecule has 16 heavy (non-hydrogen) atoms. The predicted molar refractivity (Wildman–Crippen MR) is 73.6 cm³/mol. The van der Waals surface area contributed by atoms with E-state index in [4.69, 9.17) is 5.73 Å². The molecule has 0 aliphatic rings. The van der Waals surface area contributed by atoms with E-state index in [9.17, 15) is 0 Å². The van der Waals surface area contributed by atoms with Gasteiger partial charge < -0.3 is 10.6 Å². The molecule has 1 rings (SSSR count). The van der Waals surface area contributed by atoms with Crippen LogP contribution in [0.1, 0.15) is 19.4 Å². The standard InChI is InChI=1S/C13H21BrN2/c1-13(2,15)10-16(3)9-8-11-4-6-12(14)7-5-11/h4-7H,8-10,15H2,1-3H3. The molecule has 0 aromatic heterocycles. The van der Waals surface area contributed by atoms with Crippen molar-refractivity contribution >= 4 is 15.9 Å². The second-order valence-corrected chi connectivity index (χ2v) is 6.02. The average molecular weight is 285 g/mol. The summed E-state index contributed by atoms with van der Waals surface area (Å²) >= 11 is 3.44. The molecule has 0 aliphatic carbocycles. The van der Waals surface area contributed by atoms with Crippen LogP contribution in [0.25, 0.3) is 0 Å². The van der Waals surface area contributed by atoms with E-state index in [1.807, 2.05) is 0 Å². The molecular formula is C13H21BrN2. The van der Waals surface area contributed by atoms with Gasteiger partial charge in [-0.3, -0.25) is 0 Å². The lowest BCUT2D eigenvalue weighted by atomic mass is 10.1. The summed E-state index contributed by atoms with van der Waals surface area (Å²) in [5.74, 6) is 0. The molecule has 1 aromatic rings. The van der Waals surface area contributed by atoms with Gasteiger partial charge in [-0.15, -0.1) is 0 Å². The third-order valence-corrected chi connectivity index (χ3v) is 2.90. The third kappa shape index (κ3) is 5.64. The molecular weight excluding hydrogens is 264 g/mol. The molecule has 3 heteroatoms. The van der Waals surface area contributed by atoms with E-state index in [0.29, 0.717) is 0 Å². The van der Waals surface area contributed by atoms with Crippen molar-refractivity contribution in [2.24, 2.45) is 5.73 Å². The van der Waals surface area contributed by atoms with Crippen molar-refractivity contribution in [2.45, 2.75) is 25.8 Å². The highest BCUT2D eigenvalue weighted by Gasteiger charge is 2.13. The normalized spacial score (nSPS) is 12.1. The number of halogens is 1. The van der Waals surface area contributed by atoms with Gasteiger partial charge in [-0.25, -0.2) is 0 Å². The van der Waals surface area contributed by atoms with E-state index in [0.717, 1.165) is 24.0 Å². The Morgan fingerprint density at radius 2 is 1.81 bits per heavy atom. The fraction of sp³-hybridized carbons (Fsp3) is 0.538. The summed E-state index contributed by atoms with van der Waals surface area (Å²) in [5, 5.41) is 0. The molecule has 0 amide bonds. The van der Waals surface area contributed by atoms with Gasteiger partial charge in [-0.05, 0) is 45.0 Å². The van der Waals surface area contributed by atoms with Crippen LogP contribution in [0.5, 0.6) is 0 Å². The quantitative estimate of drug-likeness (QED) is 0.901. The van der Waals surface area contributed by atoms with Crippen molar-refractivity contribution < 1.29 is 0 Å². The molecule has 0 saturated carbocycles. The van der Waals surface area contributed by atoms with E-state index in [1.165, 1.54) is 5.56 Å². The maximum absolute atomic E-state index is 5.98. The molecule has 0 bridgehead atoms. The average Bonchev–Trinajstić information content (AvgIpc) is 2.14. The van der Waals surface area contributed by atoms with E-state index in [2.05, 4.69) is 66.0 Å². The molecule has 0 aliphatic heterocycles. The maximum atomic E-state index is 5.98. The Hall–Kier alpha value is -0.380. The summed E-state index contributed by atoms with van der Waals surface area (Å²) < 4.78 is 1.13. The number of nitrogens with zero attached hydrogens (tertiary/aromatic N) is 1. The van der Waals surface area contributed by atoms with Crippen molar-refractivity contribution in [3.05, 3.63) is 34.3 Å². The lowest BCUT2D eigenvalue weighted by Gasteiger charge is -2.26. The second kappa shape index (κ2) is 5.80. The predicted octanol–water partition coefficient (Wildman–Crippen LogP) is 2.66. The first-order valence-electron chi connectivity index (χ1n) is 5.59. The molecule has 0 spiro atoms. The first kappa shape index (κ1) is 13.7. The van der Waals surface area contributed by atoms with Crippen molar-refractivity contribution in [1.82, 2.24) is 4.90 Å². The first-order valence-corrected chi connectivity index (χ1v) is 6.38. The van der Waals surface area contributed by atoms with Crippen molar-refractivity contribution in [1.29, 1.82) is 0 Å². The molecule has 0 atom stereocenters. The number of likely N-dealkylation sites (N-methyl/N-ethyl adjacent to an activating group) is 1. The van der Waals surface area contributed by atoms with E-state index in [-0.39, 0.29) is 5.54 Å². The summed E-state index contributed by atoms with van der Waals surface area (Å²) in [6, 6.07) is 8.49. The van der Waals surface area contributed by atoms with Gasteiger partial charge in [0.25, 0.3) is 0 Å². The van der Waals surface area contributed by atoms with E-state index in [1.54, 1.807) is 0 Å². The maximum Gasteiger partial charge on any atom is 0.0225 e. The minimum Gasteiger partial charge on any atom is -0.324 e. The van der Waals surface area contributed by atoms with E-state index >= 15 is 0 Å². The van der Waals surface area contributed by atoms with Crippen molar-refractivity contribution in [3.8, 4) is 0 Å². The SMILES string of the molecule is CN(CCc1ccc(Br)cc1)CC(C)(C)N. The summed E-state index contributed by atoms with van der Waals surface area (Å²) in [5.41, 5.74) is 7.23. The lowest BCUT2D eigenvalue weighted by molar-refractivity contribution is 0.273. The summed E-state index contributed by atoms with van der Waals surface area (Å²) in [4.78, 5) is 2.28. The minimum atomic E-state index is -0.117. The highest BCUT2D eigenvalue weighted by molar-refractivity contribution is 9.10. The van der Waals surface area contributed by atoms with Crippen LogP contribution in [0.3, 0.4) is 0 Å². The van der Waals surface area contributed by atoms with Gasteiger partial charge in [0, 0.05) is 23.1 Å². The smallest absolute Gasteiger partial charge is 0.0225 e. The zero-order valence-corrected chi connectivity index (χ0v) is 11.9. The zero-order valence-electron chi connectivity index (χ0n) is 10.3. The molecule has 1 aromatic carbocycles. The summed E-state index contributed by atoms with van der Waals surface area (Å²) in [7, 11) is 2.12. The van der Waals surface area contributed by atoms with Crippen LogP contribution in [-0.2, 0) is 6.42 Å². The van der Waals surface area contributed by atoms with Crippen LogP contribution in [0, 0.1) is 0 Å². The summed E-state index contributed by atoms with van der Waals surface area (Å²) in [6.45, 7) is 6.08. The number of hydrogen-bond acceptors (Lipinski definition) is 2. The molecule has 0 fully saturated rings. The fourth-order valence-electron chi connectivity index (χ4n) is 1.75. The number of nitrogens with two attached hydrogens (primary N) is 1. The zero-order chi connectivity index (χ0) is 12.2. The largest absolute Gasteiger partial charge is 0.324 e. The number of benzene rings is 1. The molecule has 0 unspecified atom stereocenters. The first-order chi connectivity index (χ1) is 7.37. The molecule has 2 N–H and O–H groups in total.